The third-order valence-electron chi connectivity index (χ3n) is 7.92. The quantitative estimate of drug-likeness (QED) is 0.146. The number of anilines is 1. The lowest BCUT2D eigenvalue weighted by Gasteiger charge is -2.18. The van der Waals surface area contributed by atoms with Gasteiger partial charge in [0.15, 0.2) is 11.5 Å². The van der Waals surface area contributed by atoms with Gasteiger partial charge in [0.2, 0.25) is 0 Å². The van der Waals surface area contributed by atoms with E-state index in [-0.39, 0.29) is 16.5 Å². The fraction of sp³-hybridized carbons (Fsp3) is 0.200. The Morgan fingerprint density at radius 3 is 2.50 bits per heavy atom. The van der Waals surface area contributed by atoms with Crippen LogP contribution in [0.2, 0.25) is 0 Å². The number of nitrogens with zero attached hydrogens (tertiary/aromatic N) is 5. The zero-order valence-corrected chi connectivity index (χ0v) is 27.9. The number of nitrogens with one attached hydrogen (secondary N) is 2. The Morgan fingerprint density at radius 1 is 0.935 bits per heavy atom. The Balaban J connectivity index is 1.20. The molecule has 0 atom stereocenters. The lowest BCUT2D eigenvalue weighted by Crippen LogP contribution is -2.29. The van der Waals surface area contributed by atoms with Crippen LogP contribution in [0.3, 0.4) is 0 Å². The van der Waals surface area contributed by atoms with Gasteiger partial charge in [0.05, 0.1) is 16.1 Å². The zero-order chi connectivity index (χ0) is 32.4. The number of pyridine rings is 1. The molecule has 6 rings (SSSR count). The Labute approximate surface area is 276 Å². The summed E-state index contributed by atoms with van der Waals surface area (Å²) in [5.41, 5.74) is 6.15. The van der Waals surface area contributed by atoms with Crippen molar-refractivity contribution in [1.82, 2.24) is 29.7 Å². The van der Waals surface area contributed by atoms with Gasteiger partial charge in [-0.25, -0.2) is 9.48 Å². The van der Waals surface area contributed by atoms with Crippen LogP contribution in [0, 0.1) is 13.8 Å². The van der Waals surface area contributed by atoms with Crippen LogP contribution >= 0.6 is 23.5 Å². The average Bonchev–Trinajstić information content (AvgIpc) is 3.67. The molecule has 2 amide bonds. The average molecular weight is 650 g/mol. The molecule has 234 valence electrons. The van der Waals surface area contributed by atoms with E-state index < -0.39 is 0 Å². The molecule has 46 heavy (non-hydrogen) atoms. The second-order valence-electron chi connectivity index (χ2n) is 11.5. The Bertz CT molecular complexity index is 2050. The molecule has 11 heteroatoms. The van der Waals surface area contributed by atoms with E-state index >= 15 is 0 Å². The zero-order valence-electron chi connectivity index (χ0n) is 26.3. The molecule has 0 spiro atoms. The molecular formula is C35H35N7O2S2. The predicted octanol–water partition coefficient (Wildman–Crippen LogP) is 7.98. The van der Waals surface area contributed by atoms with E-state index in [0.29, 0.717) is 18.1 Å². The molecule has 0 fully saturated rings. The number of aromatic hydroxyl groups is 1. The van der Waals surface area contributed by atoms with Crippen molar-refractivity contribution >= 4 is 41.0 Å². The minimum Gasteiger partial charge on any atom is -0.508 e. The Morgan fingerprint density at radius 2 is 1.72 bits per heavy atom. The summed E-state index contributed by atoms with van der Waals surface area (Å²) in [4.78, 5) is 15.3. The highest BCUT2D eigenvalue weighted by atomic mass is 32.2. The third-order valence-corrected chi connectivity index (χ3v) is 10.2. The molecule has 0 aliphatic carbocycles. The van der Waals surface area contributed by atoms with Crippen LogP contribution in [-0.2, 0) is 11.3 Å². The van der Waals surface area contributed by atoms with Crippen LogP contribution < -0.4 is 10.6 Å². The molecule has 3 aromatic carbocycles. The molecule has 0 unspecified atom stereocenters. The van der Waals surface area contributed by atoms with E-state index in [9.17, 15) is 9.90 Å². The van der Waals surface area contributed by atoms with Gasteiger partial charge in [0.25, 0.3) is 0 Å². The highest BCUT2D eigenvalue weighted by molar-refractivity contribution is 7.99. The van der Waals surface area contributed by atoms with E-state index in [1.807, 2.05) is 84.3 Å². The highest BCUT2D eigenvalue weighted by Gasteiger charge is 2.25. The number of thioether (sulfide) groups is 1. The first kappa shape index (κ1) is 31.3. The number of benzene rings is 3. The first-order valence-electron chi connectivity index (χ1n) is 14.8. The topological polar surface area (TPSA) is 109 Å². The minimum atomic E-state index is -0.362. The first-order chi connectivity index (χ1) is 22.1. The second-order valence-corrected chi connectivity index (χ2v) is 14.0. The summed E-state index contributed by atoms with van der Waals surface area (Å²) in [6, 6.07) is 27.0. The van der Waals surface area contributed by atoms with Crippen molar-refractivity contribution < 1.29 is 9.90 Å². The van der Waals surface area contributed by atoms with Gasteiger partial charge in [-0.05, 0) is 74.9 Å². The van der Waals surface area contributed by atoms with Crippen LogP contribution in [0.15, 0.2) is 101 Å². The summed E-state index contributed by atoms with van der Waals surface area (Å²) in [6.45, 7) is 8.39. The van der Waals surface area contributed by atoms with E-state index in [0.717, 1.165) is 49.2 Å². The van der Waals surface area contributed by atoms with Crippen molar-refractivity contribution in [3.8, 4) is 22.8 Å². The number of phenols is 1. The van der Waals surface area contributed by atoms with Gasteiger partial charge in [0, 0.05) is 40.2 Å². The van der Waals surface area contributed by atoms with Gasteiger partial charge in [-0.3, -0.25) is 9.72 Å². The van der Waals surface area contributed by atoms with Crippen molar-refractivity contribution in [1.29, 1.82) is 0 Å². The van der Waals surface area contributed by atoms with Crippen molar-refractivity contribution in [2.24, 2.45) is 0 Å². The largest absolute Gasteiger partial charge is 0.508 e. The maximum absolute atomic E-state index is 13.3. The molecule has 3 heterocycles. The highest BCUT2D eigenvalue weighted by Crippen LogP contribution is 2.36. The fourth-order valence-electron chi connectivity index (χ4n) is 4.95. The molecule has 3 N–H and O–H groups in total. The van der Waals surface area contributed by atoms with Crippen LogP contribution in [0.5, 0.6) is 5.75 Å². The molecule has 0 radical (unpaired) electrons. The maximum Gasteiger partial charge on any atom is 0.320 e. The van der Waals surface area contributed by atoms with Crippen LogP contribution in [0.25, 0.3) is 22.7 Å². The molecule has 0 aliphatic heterocycles. The van der Waals surface area contributed by atoms with Gasteiger partial charge >= 0.3 is 6.03 Å². The van der Waals surface area contributed by atoms with Crippen molar-refractivity contribution in [3.05, 3.63) is 114 Å². The molecule has 9 nitrogen and oxygen atoms in total. The normalized spacial score (nSPS) is 11.6. The number of carbonyl (C=O) groups is 1. The number of aromatic nitrogens is 5. The fourth-order valence-corrected chi connectivity index (χ4v) is 6.22. The second kappa shape index (κ2) is 12.9. The lowest BCUT2D eigenvalue weighted by atomic mass is 10.1. The van der Waals surface area contributed by atoms with E-state index in [2.05, 4.69) is 59.9 Å². The maximum atomic E-state index is 13.3. The lowest BCUT2D eigenvalue weighted by molar-refractivity contribution is 0.251. The SMILES string of the molecule is CSC(C)(C)c1cc(NC(=O)NCc2ccccc2Sc2ccc3nnc(-c4ccccc4C)n3c2)n(-c2ccc(C)c(O)c2)n1. The number of urea groups is 1. The molecule has 0 bridgehead atoms. The van der Waals surface area contributed by atoms with E-state index in [4.69, 9.17) is 5.10 Å². The Hall–Kier alpha value is -4.74. The number of carbonyl (C=O) groups excluding carboxylic acids is 1. The van der Waals surface area contributed by atoms with Crippen molar-refractivity contribution in [3.63, 3.8) is 0 Å². The number of amides is 2. The third kappa shape index (κ3) is 6.47. The van der Waals surface area contributed by atoms with E-state index in [1.165, 1.54) is 0 Å². The van der Waals surface area contributed by atoms with Gasteiger partial charge in [-0.1, -0.05) is 60.3 Å². The van der Waals surface area contributed by atoms with E-state index in [1.54, 1.807) is 34.3 Å². The van der Waals surface area contributed by atoms with Crippen LogP contribution in [0.4, 0.5) is 10.6 Å². The first-order valence-corrected chi connectivity index (χ1v) is 16.8. The molecule has 0 saturated heterocycles. The monoisotopic (exact) mass is 649 g/mol. The molecule has 6 aromatic rings. The molecule has 3 aromatic heterocycles. The van der Waals surface area contributed by atoms with Crippen molar-refractivity contribution in [2.45, 2.75) is 48.8 Å². The van der Waals surface area contributed by atoms with Gasteiger partial charge in [-0.15, -0.1) is 10.2 Å². The van der Waals surface area contributed by atoms with Gasteiger partial charge in [0.1, 0.15) is 11.6 Å². The number of hydrogen-bond donors (Lipinski definition) is 3. The molecule has 0 aliphatic rings. The van der Waals surface area contributed by atoms with Gasteiger partial charge < -0.3 is 10.4 Å². The van der Waals surface area contributed by atoms with Crippen molar-refractivity contribution in [2.75, 3.05) is 11.6 Å². The molecule has 0 saturated carbocycles. The summed E-state index contributed by atoms with van der Waals surface area (Å²) in [5.74, 6) is 1.47. The number of hydrogen-bond acceptors (Lipinski definition) is 7. The Kier molecular flexibility index (Phi) is 8.79. The van der Waals surface area contributed by atoms with Gasteiger partial charge in [-0.2, -0.15) is 16.9 Å². The predicted molar refractivity (Wildman–Crippen MR) is 186 cm³/mol. The smallest absolute Gasteiger partial charge is 0.320 e. The number of aryl methyl sites for hydroxylation is 2. The number of phenolic OH excluding ortho intramolecular Hbond substituents is 1. The van der Waals surface area contributed by atoms with Crippen LogP contribution in [0.1, 0.15) is 36.2 Å². The summed E-state index contributed by atoms with van der Waals surface area (Å²) in [7, 11) is 0. The standard InChI is InChI=1S/C35H35N7O2S2/c1-22-10-6-8-12-27(22)33-39-38-31-17-16-26(21-41(31)33)46-29-13-9-7-11-24(29)20-36-34(44)37-32-19-30(35(3,4)45-5)40-42(32)25-15-14-23(2)28(43)18-25/h6-19,21,43H,20H2,1-5H3,(H2,36,37,44). The van der Waals surface area contributed by atoms with Crippen LogP contribution in [-0.4, -0.2) is 41.8 Å². The number of rotatable bonds is 9. The molecular weight excluding hydrogens is 615 g/mol. The summed E-state index contributed by atoms with van der Waals surface area (Å²) in [6.07, 6.45) is 4.08. The number of fused-ring (bicyclic) bond motifs is 1. The summed E-state index contributed by atoms with van der Waals surface area (Å²) in [5, 5.41) is 30.0. The summed E-state index contributed by atoms with van der Waals surface area (Å²) >= 11 is 3.29. The summed E-state index contributed by atoms with van der Waals surface area (Å²) < 4.78 is 3.39. The minimum absolute atomic E-state index is 0.165.